The summed E-state index contributed by atoms with van der Waals surface area (Å²) in [6, 6.07) is 13.0. The molecule has 184 valence electrons. The van der Waals surface area contributed by atoms with E-state index in [0.717, 1.165) is 27.9 Å². The monoisotopic (exact) mass is 477 g/mol. The Labute approximate surface area is 204 Å². The summed E-state index contributed by atoms with van der Waals surface area (Å²) in [5.41, 5.74) is 11.0. The molecule has 2 aliphatic rings. The van der Waals surface area contributed by atoms with Gasteiger partial charge >= 0.3 is 5.97 Å². The Morgan fingerprint density at radius 3 is 2.83 bits per heavy atom. The van der Waals surface area contributed by atoms with Crippen LogP contribution in [-0.2, 0) is 27.4 Å². The number of aliphatic carboxylic acids is 1. The lowest BCUT2D eigenvalue weighted by Crippen LogP contribution is -2.38. The Hall–Kier alpha value is -3.85. The first-order valence-corrected chi connectivity index (χ1v) is 11.7. The number of carboxylic acid groups (broad SMARTS) is 1. The van der Waals surface area contributed by atoms with Gasteiger partial charge in [-0.25, -0.2) is 0 Å². The lowest BCUT2D eigenvalue weighted by Gasteiger charge is -2.15. The summed E-state index contributed by atoms with van der Waals surface area (Å²) in [5.74, 6) is 0.0121. The first-order valence-electron chi connectivity index (χ1n) is 11.7. The number of nitrogens with one attached hydrogen (secondary N) is 2. The van der Waals surface area contributed by atoms with Crippen molar-refractivity contribution in [3.8, 4) is 0 Å². The number of nitrogens with two attached hydrogens (primary N) is 1. The predicted octanol–water partition coefficient (Wildman–Crippen LogP) is 2.28. The number of carbonyl (C=O) groups excluding carboxylic acids is 1. The number of para-hydroxylation sites is 1. The summed E-state index contributed by atoms with van der Waals surface area (Å²) in [5, 5.41) is 15.6. The van der Waals surface area contributed by atoms with Crippen molar-refractivity contribution in [1.29, 1.82) is 0 Å². The molecule has 2 heterocycles. The number of ether oxygens (including phenoxy) is 1. The summed E-state index contributed by atoms with van der Waals surface area (Å²) in [6.07, 6.45) is 1.78. The Morgan fingerprint density at radius 2 is 2.06 bits per heavy atom. The van der Waals surface area contributed by atoms with Crippen LogP contribution in [0.1, 0.15) is 35.1 Å². The van der Waals surface area contributed by atoms with Gasteiger partial charge in [-0.2, -0.15) is 0 Å². The smallest absolute Gasteiger partial charge is 0.320 e. The van der Waals surface area contributed by atoms with E-state index < -0.39 is 12.0 Å². The van der Waals surface area contributed by atoms with Crippen molar-refractivity contribution in [1.82, 2.24) is 10.2 Å². The van der Waals surface area contributed by atoms with Gasteiger partial charge in [-0.1, -0.05) is 36.4 Å². The van der Waals surface area contributed by atoms with Gasteiger partial charge in [-0.3, -0.25) is 14.6 Å². The molecule has 35 heavy (non-hydrogen) atoms. The van der Waals surface area contributed by atoms with E-state index in [1.807, 2.05) is 50.5 Å². The molecule has 0 bridgehead atoms. The third-order valence-corrected chi connectivity index (χ3v) is 6.17. The van der Waals surface area contributed by atoms with Gasteiger partial charge in [0.1, 0.15) is 18.4 Å². The Morgan fingerprint density at radius 1 is 1.26 bits per heavy atom. The zero-order valence-corrected chi connectivity index (χ0v) is 20.0. The van der Waals surface area contributed by atoms with Crippen LogP contribution in [0.15, 0.2) is 47.5 Å². The van der Waals surface area contributed by atoms with E-state index in [1.165, 1.54) is 0 Å². The van der Waals surface area contributed by atoms with Crippen molar-refractivity contribution in [2.24, 2.45) is 10.7 Å². The van der Waals surface area contributed by atoms with Gasteiger partial charge in [0.15, 0.2) is 5.96 Å². The number of carboxylic acids is 1. The summed E-state index contributed by atoms with van der Waals surface area (Å²) in [4.78, 5) is 30.2. The van der Waals surface area contributed by atoms with Crippen LogP contribution in [0.3, 0.4) is 0 Å². The van der Waals surface area contributed by atoms with Gasteiger partial charge in [0, 0.05) is 43.0 Å². The van der Waals surface area contributed by atoms with Crippen LogP contribution in [0.4, 0.5) is 5.69 Å². The molecule has 0 aromatic heterocycles. The molecule has 2 aromatic carbocycles. The first-order chi connectivity index (χ1) is 16.8. The van der Waals surface area contributed by atoms with E-state index in [1.54, 1.807) is 4.90 Å². The molecule has 0 spiro atoms. The zero-order valence-electron chi connectivity index (χ0n) is 20.0. The highest BCUT2D eigenvalue weighted by Gasteiger charge is 2.32. The van der Waals surface area contributed by atoms with Gasteiger partial charge in [0.25, 0.3) is 5.91 Å². The van der Waals surface area contributed by atoms with E-state index in [2.05, 4.69) is 21.7 Å². The van der Waals surface area contributed by atoms with Gasteiger partial charge in [-0.15, -0.1) is 0 Å². The average Bonchev–Trinajstić information content (AvgIpc) is 3.39. The van der Waals surface area contributed by atoms with E-state index in [-0.39, 0.29) is 5.91 Å². The Bertz CT molecular complexity index is 1190. The molecule has 0 unspecified atom stereocenters. The first kappa shape index (κ1) is 24.3. The third kappa shape index (κ3) is 5.46. The summed E-state index contributed by atoms with van der Waals surface area (Å²) in [6.45, 7) is 1.42. The van der Waals surface area contributed by atoms with Crippen molar-refractivity contribution in [3.63, 3.8) is 0 Å². The molecule has 2 aliphatic heterocycles. The Balaban J connectivity index is 1.36. The molecule has 5 N–H and O–H groups in total. The molecular formula is C26H31N5O4. The van der Waals surface area contributed by atoms with Crippen LogP contribution in [0, 0.1) is 0 Å². The molecule has 1 amide bonds. The van der Waals surface area contributed by atoms with Gasteiger partial charge in [0.2, 0.25) is 0 Å². The normalized spacial score (nSPS) is 17.4. The highest BCUT2D eigenvalue weighted by molar-refractivity contribution is 6.36. The van der Waals surface area contributed by atoms with E-state index in [9.17, 15) is 14.7 Å². The van der Waals surface area contributed by atoms with Crippen molar-refractivity contribution in [2.75, 3.05) is 32.5 Å². The maximum absolute atomic E-state index is 12.6. The van der Waals surface area contributed by atoms with Crippen molar-refractivity contribution < 1.29 is 19.4 Å². The van der Waals surface area contributed by atoms with Crippen molar-refractivity contribution in [3.05, 3.63) is 64.7 Å². The van der Waals surface area contributed by atoms with Crippen LogP contribution in [0.25, 0.3) is 11.3 Å². The van der Waals surface area contributed by atoms with Crippen LogP contribution in [-0.4, -0.2) is 61.1 Å². The number of aliphatic imine (C=N–C) groups is 1. The second-order valence-corrected chi connectivity index (χ2v) is 8.86. The van der Waals surface area contributed by atoms with Crippen LogP contribution in [0.2, 0.25) is 0 Å². The molecule has 0 aliphatic carbocycles. The van der Waals surface area contributed by atoms with Crippen molar-refractivity contribution in [2.45, 2.75) is 31.9 Å². The van der Waals surface area contributed by atoms with E-state index in [0.29, 0.717) is 56.3 Å². The lowest BCUT2D eigenvalue weighted by atomic mass is 9.98. The molecule has 0 fully saturated rings. The molecule has 0 radical (unpaired) electrons. The van der Waals surface area contributed by atoms with Crippen molar-refractivity contribution >= 4 is 34.9 Å². The van der Waals surface area contributed by atoms with Gasteiger partial charge in [0.05, 0.1) is 5.57 Å². The molecule has 2 aromatic rings. The minimum Gasteiger partial charge on any atom is -0.487 e. The molecule has 9 nitrogen and oxygen atoms in total. The fraction of sp³-hybridized carbons (Fsp3) is 0.346. The number of rotatable bonds is 9. The summed E-state index contributed by atoms with van der Waals surface area (Å²) < 4.78 is 5.95. The minimum absolute atomic E-state index is 0.155. The fourth-order valence-corrected chi connectivity index (χ4v) is 4.25. The minimum atomic E-state index is -0.872. The number of hydrogen-bond acceptors (Lipinski definition) is 5. The van der Waals surface area contributed by atoms with Gasteiger partial charge in [-0.05, 0) is 37.4 Å². The third-order valence-electron chi connectivity index (χ3n) is 6.17. The van der Waals surface area contributed by atoms with E-state index in [4.69, 9.17) is 10.5 Å². The lowest BCUT2D eigenvalue weighted by molar-refractivity contribution is -0.139. The average molecular weight is 478 g/mol. The molecule has 1 atom stereocenters. The topological polar surface area (TPSA) is 129 Å². The fourth-order valence-electron chi connectivity index (χ4n) is 4.25. The maximum atomic E-state index is 12.6. The van der Waals surface area contributed by atoms with Gasteiger partial charge < -0.3 is 31.1 Å². The maximum Gasteiger partial charge on any atom is 0.320 e. The molecule has 0 saturated heterocycles. The number of amides is 1. The number of guanidine groups is 1. The van der Waals surface area contributed by atoms with Crippen LogP contribution in [0.5, 0.6) is 0 Å². The van der Waals surface area contributed by atoms with Crippen LogP contribution < -0.4 is 16.4 Å². The number of anilines is 1. The molecular weight excluding hydrogens is 446 g/mol. The second kappa shape index (κ2) is 10.6. The quantitative estimate of drug-likeness (QED) is 0.189. The molecule has 0 saturated carbocycles. The zero-order chi connectivity index (χ0) is 24.9. The number of benzene rings is 2. The predicted molar refractivity (Wildman–Crippen MR) is 136 cm³/mol. The largest absolute Gasteiger partial charge is 0.487 e. The second-order valence-electron chi connectivity index (χ2n) is 8.86. The summed E-state index contributed by atoms with van der Waals surface area (Å²) >= 11 is 0. The van der Waals surface area contributed by atoms with E-state index >= 15 is 0 Å². The standard InChI is InChI=1S/C26H31N5O4/c1-31(2)26(27)29-12-5-8-21(25(33)34)28-13-11-16-9-10-18-17(14-16)15-35-23(18)22-19-6-3-4-7-20(19)30-24(22)32/h3-4,6-7,9-10,14,21,28H,5,8,11-13,15H2,1-2H3,(H2,27,29)(H,30,32)(H,33,34)/t21-/m0/s1. The summed E-state index contributed by atoms with van der Waals surface area (Å²) in [7, 11) is 3.63. The molecule has 4 rings (SSSR count). The number of hydrogen-bond donors (Lipinski definition) is 4. The Kier molecular flexibility index (Phi) is 7.36. The highest BCUT2D eigenvalue weighted by atomic mass is 16.5. The highest BCUT2D eigenvalue weighted by Crippen LogP contribution is 2.41. The SMILES string of the molecule is CN(C)C(N)=NCCC[C@H](NCCc1ccc2c(c1)COC2=C1C(=O)Nc2ccccc21)C(=O)O. The molecule has 9 heteroatoms. The van der Waals surface area contributed by atoms with Crippen LogP contribution >= 0.6 is 0 Å². The number of fused-ring (bicyclic) bond motifs is 2. The number of nitrogens with zero attached hydrogens (tertiary/aromatic N) is 2. The number of carbonyl (C=O) groups is 2.